The van der Waals surface area contributed by atoms with Crippen molar-refractivity contribution in [2.45, 2.75) is 30.4 Å². The number of allylic oxidation sites excluding steroid dienone is 1. The van der Waals surface area contributed by atoms with Crippen molar-refractivity contribution in [2.75, 3.05) is 18.6 Å². The lowest BCUT2D eigenvalue weighted by Crippen LogP contribution is -2.71. The molecule has 12 nitrogen and oxygen atoms in total. The summed E-state index contributed by atoms with van der Waals surface area (Å²) >= 11 is 2.43. The number of carbonyl (C=O) groups excluding carboxylic acids is 3. The molecule has 1 aromatic heterocycles. The summed E-state index contributed by atoms with van der Waals surface area (Å²) in [7, 11) is 1.27. The van der Waals surface area contributed by atoms with Crippen molar-refractivity contribution in [3.05, 3.63) is 34.5 Å². The molecule has 0 saturated carbocycles. The van der Waals surface area contributed by atoms with E-state index in [4.69, 9.17) is 15.3 Å². The fourth-order valence-electron chi connectivity index (χ4n) is 3.58. The molecule has 4 rings (SSSR count). The number of fused-ring (bicyclic) bond motifs is 1. The Bertz CT molecular complexity index is 1110. The van der Waals surface area contributed by atoms with Crippen LogP contribution in [0, 0.1) is 0 Å². The Balaban J connectivity index is 1.50. The van der Waals surface area contributed by atoms with Gasteiger partial charge in [-0.3, -0.25) is 19.3 Å². The fraction of sp³-hybridized carbons (Fsp3) is 0.368. The molecule has 4 heterocycles. The van der Waals surface area contributed by atoms with Crippen molar-refractivity contribution in [1.82, 2.24) is 15.2 Å². The van der Waals surface area contributed by atoms with Crippen molar-refractivity contribution in [1.29, 1.82) is 0 Å². The van der Waals surface area contributed by atoms with E-state index in [0.717, 1.165) is 16.2 Å². The predicted octanol–water partition coefficient (Wildman–Crippen LogP) is 0.0762. The number of esters is 1. The first-order chi connectivity index (χ1) is 15.8. The zero-order chi connectivity index (χ0) is 23.7. The van der Waals surface area contributed by atoms with Gasteiger partial charge in [-0.05, 0) is 18.1 Å². The maximum absolute atomic E-state index is 12.8. The normalized spacial score (nSPS) is 25.1. The summed E-state index contributed by atoms with van der Waals surface area (Å²) in [5.74, 6) is -2.54. The van der Waals surface area contributed by atoms with E-state index in [2.05, 4.69) is 15.5 Å². The number of hydrogen-bond donors (Lipinski definition) is 3. The van der Waals surface area contributed by atoms with Crippen LogP contribution in [0.4, 0.5) is 5.13 Å². The summed E-state index contributed by atoms with van der Waals surface area (Å²) in [5.41, 5.74) is 5.92. The average molecular weight is 494 g/mol. The molecule has 174 valence electrons. The van der Waals surface area contributed by atoms with Crippen LogP contribution in [-0.4, -0.2) is 74.8 Å². The molecule has 1 aromatic rings. The standard InChI is InChI=1S/C19H19N5O7S2/c1-30-23-12(10-7-33-19(20)21-10)15(26)22-13-16(27)24-14(18(28)29)8(6-32-17(13)24)2-3-9-4-5-11(25)31-9/h2-3,7,9,13,17H,4-6H2,1H3,(H2,20,21)(H,22,26)(H,28,29)/b3-2+,23-12-/t9?,13-,17-/m1/s1. The van der Waals surface area contributed by atoms with Gasteiger partial charge in [-0.2, -0.15) is 0 Å². The fourth-order valence-corrected chi connectivity index (χ4v) is 5.44. The molecule has 2 saturated heterocycles. The highest BCUT2D eigenvalue weighted by molar-refractivity contribution is 8.00. The molecule has 2 fully saturated rings. The van der Waals surface area contributed by atoms with Crippen molar-refractivity contribution in [2.24, 2.45) is 5.16 Å². The minimum atomic E-state index is -1.26. The number of carboxylic acid groups (broad SMARTS) is 1. The number of amides is 2. The van der Waals surface area contributed by atoms with Crippen LogP contribution < -0.4 is 11.1 Å². The topological polar surface area (TPSA) is 174 Å². The van der Waals surface area contributed by atoms with E-state index in [0.29, 0.717) is 24.2 Å². The van der Waals surface area contributed by atoms with Crippen LogP contribution in [0.2, 0.25) is 0 Å². The second-order valence-electron chi connectivity index (χ2n) is 7.16. The first-order valence-corrected chi connectivity index (χ1v) is 11.6. The van der Waals surface area contributed by atoms with Gasteiger partial charge >= 0.3 is 11.9 Å². The number of ether oxygens (including phenoxy) is 1. The quantitative estimate of drug-likeness (QED) is 0.204. The number of thioether (sulfide) groups is 1. The number of oxime groups is 1. The van der Waals surface area contributed by atoms with Gasteiger partial charge in [-0.25, -0.2) is 9.78 Å². The molecule has 0 radical (unpaired) electrons. The maximum atomic E-state index is 12.8. The summed E-state index contributed by atoms with van der Waals surface area (Å²) in [6.07, 6.45) is 3.62. The van der Waals surface area contributed by atoms with E-state index in [1.165, 1.54) is 24.3 Å². The average Bonchev–Trinajstić information content (AvgIpc) is 3.40. The first kappa shape index (κ1) is 22.8. The zero-order valence-corrected chi connectivity index (χ0v) is 18.9. The Kier molecular flexibility index (Phi) is 6.37. The highest BCUT2D eigenvalue weighted by atomic mass is 32.2. The molecule has 3 atom stereocenters. The summed E-state index contributed by atoms with van der Waals surface area (Å²) in [6.45, 7) is 0. The van der Waals surface area contributed by atoms with Gasteiger partial charge in [0.2, 0.25) is 0 Å². The van der Waals surface area contributed by atoms with Crippen LogP contribution in [0.1, 0.15) is 18.5 Å². The molecule has 0 spiro atoms. The SMILES string of the molecule is CO/N=C(\C(=O)N[C@@H]1C(=O)N2C(C(=O)O)=C(/C=C/C3CCC(=O)O3)CS[C@H]12)c1csc(N)n1. The van der Waals surface area contributed by atoms with Crippen molar-refractivity contribution in [3.8, 4) is 0 Å². The number of aliphatic carboxylic acids is 1. The van der Waals surface area contributed by atoms with E-state index in [1.807, 2.05) is 0 Å². The molecular formula is C19H19N5O7S2. The number of carboxylic acids is 1. The number of nitrogens with two attached hydrogens (primary N) is 1. The molecule has 3 aliphatic heterocycles. The van der Waals surface area contributed by atoms with E-state index in [1.54, 1.807) is 12.2 Å². The van der Waals surface area contributed by atoms with Gasteiger partial charge in [0, 0.05) is 17.6 Å². The van der Waals surface area contributed by atoms with E-state index < -0.39 is 35.3 Å². The first-order valence-electron chi connectivity index (χ1n) is 9.72. The molecule has 4 N–H and O–H groups in total. The summed E-state index contributed by atoms with van der Waals surface area (Å²) in [4.78, 5) is 58.6. The van der Waals surface area contributed by atoms with Crippen LogP contribution in [0.25, 0.3) is 0 Å². The van der Waals surface area contributed by atoms with Crippen LogP contribution in [0.15, 0.2) is 34.0 Å². The van der Waals surface area contributed by atoms with E-state index >= 15 is 0 Å². The van der Waals surface area contributed by atoms with Crippen molar-refractivity contribution < 1.29 is 33.9 Å². The van der Waals surface area contributed by atoms with Crippen molar-refractivity contribution in [3.63, 3.8) is 0 Å². The molecule has 2 amide bonds. The van der Waals surface area contributed by atoms with Gasteiger partial charge in [0.15, 0.2) is 10.8 Å². The number of hydrogen-bond acceptors (Lipinski definition) is 11. The molecule has 3 aliphatic rings. The van der Waals surface area contributed by atoms with Crippen LogP contribution in [0.5, 0.6) is 0 Å². The van der Waals surface area contributed by atoms with Gasteiger partial charge in [-0.15, -0.1) is 23.1 Å². The molecule has 0 bridgehead atoms. The zero-order valence-electron chi connectivity index (χ0n) is 17.2. The number of rotatable bonds is 7. The highest BCUT2D eigenvalue weighted by Gasteiger charge is 2.54. The number of cyclic esters (lactones) is 1. The minimum absolute atomic E-state index is 0.152. The van der Waals surface area contributed by atoms with Gasteiger partial charge in [-0.1, -0.05) is 11.2 Å². The molecule has 1 unspecified atom stereocenters. The van der Waals surface area contributed by atoms with Crippen LogP contribution in [0.3, 0.4) is 0 Å². The number of nitrogen functional groups attached to an aromatic ring is 1. The Labute approximate surface area is 195 Å². The molecular weight excluding hydrogens is 474 g/mol. The predicted molar refractivity (Wildman–Crippen MR) is 118 cm³/mol. The number of aromatic nitrogens is 1. The van der Waals surface area contributed by atoms with Crippen LogP contribution in [-0.2, 0) is 28.8 Å². The highest BCUT2D eigenvalue weighted by Crippen LogP contribution is 2.40. The molecule has 33 heavy (non-hydrogen) atoms. The van der Waals surface area contributed by atoms with E-state index in [9.17, 15) is 24.3 Å². The Morgan fingerprint density at radius 1 is 1.45 bits per heavy atom. The van der Waals surface area contributed by atoms with Crippen LogP contribution >= 0.6 is 23.1 Å². The number of anilines is 1. The lowest BCUT2D eigenvalue weighted by atomic mass is 10.0. The Hall–Kier alpha value is -3.39. The Morgan fingerprint density at radius 3 is 2.85 bits per heavy atom. The number of thiazole rings is 1. The van der Waals surface area contributed by atoms with E-state index in [-0.39, 0.29) is 28.2 Å². The summed E-state index contributed by atoms with van der Waals surface area (Å²) in [5, 5.41) is 17.2. The second kappa shape index (κ2) is 9.23. The molecule has 0 aromatic carbocycles. The largest absolute Gasteiger partial charge is 0.477 e. The molecule has 14 heteroatoms. The number of carbonyl (C=O) groups is 4. The molecule has 0 aliphatic carbocycles. The third-order valence-electron chi connectivity index (χ3n) is 5.08. The maximum Gasteiger partial charge on any atom is 0.352 e. The monoisotopic (exact) mass is 493 g/mol. The number of nitrogens with zero attached hydrogens (tertiary/aromatic N) is 3. The summed E-state index contributed by atoms with van der Waals surface area (Å²) < 4.78 is 5.11. The number of nitrogens with one attached hydrogen (secondary N) is 1. The van der Waals surface area contributed by atoms with Crippen molar-refractivity contribution >= 4 is 57.7 Å². The third-order valence-corrected chi connectivity index (χ3v) is 7.05. The summed E-state index contributed by atoms with van der Waals surface area (Å²) in [6, 6.07) is -0.948. The number of β-lactam (4-membered cyclic amide) rings is 1. The van der Waals surface area contributed by atoms with Gasteiger partial charge in [0.25, 0.3) is 11.8 Å². The van der Waals surface area contributed by atoms with Gasteiger partial charge in [0.05, 0.1) is 0 Å². The second-order valence-corrected chi connectivity index (χ2v) is 9.15. The lowest BCUT2D eigenvalue weighted by molar-refractivity contribution is -0.150. The smallest absolute Gasteiger partial charge is 0.352 e. The van der Waals surface area contributed by atoms with Gasteiger partial charge < -0.3 is 25.7 Å². The Morgan fingerprint density at radius 2 is 2.24 bits per heavy atom. The third kappa shape index (κ3) is 4.43. The van der Waals surface area contributed by atoms with Gasteiger partial charge in [0.1, 0.15) is 36.0 Å². The minimum Gasteiger partial charge on any atom is -0.477 e. The lowest BCUT2D eigenvalue weighted by Gasteiger charge is -2.49.